The quantitative estimate of drug-likeness (QED) is 0.796. The van der Waals surface area contributed by atoms with Crippen molar-refractivity contribution in [3.63, 3.8) is 0 Å². The average molecular weight is 336 g/mol. The number of nitrogens with zero attached hydrogens (tertiary/aromatic N) is 3. The minimum atomic E-state index is -0.357. The van der Waals surface area contributed by atoms with Crippen molar-refractivity contribution < 1.29 is 9.59 Å². The molecule has 0 aromatic carbocycles. The van der Waals surface area contributed by atoms with Gasteiger partial charge in [-0.1, -0.05) is 26.8 Å². The van der Waals surface area contributed by atoms with Crippen molar-refractivity contribution in [2.24, 2.45) is 5.41 Å². The molecule has 2 saturated heterocycles. The summed E-state index contributed by atoms with van der Waals surface area (Å²) in [6.07, 6.45) is 3.90. The van der Waals surface area contributed by atoms with Crippen molar-refractivity contribution in [1.82, 2.24) is 20.0 Å². The summed E-state index contributed by atoms with van der Waals surface area (Å²) in [5, 5.41) is 3.16. The van der Waals surface area contributed by atoms with Gasteiger partial charge < -0.3 is 15.1 Å². The minimum absolute atomic E-state index is 0.0139. The topological polar surface area (TPSA) is 55.9 Å². The second kappa shape index (κ2) is 8.01. The van der Waals surface area contributed by atoms with Gasteiger partial charge in [0.05, 0.1) is 0 Å². The van der Waals surface area contributed by atoms with Gasteiger partial charge in [-0.15, -0.1) is 6.58 Å². The number of likely N-dealkylation sites (tertiary alicyclic amines) is 1. The summed E-state index contributed by atoms with van der Waals surface area (Å²) in [5.41, 5.74) is -0.357. The first kappa shape index (κ1) is 18.8. The van der Waals surface area contributed by atoms with E-state index < -0.39 is 0 Å². The Morgan fingerprint density at radius 3 is 2.08 bits per heavy atom. The zero-order valence-corrected chi connectivity index (χ0v) is 15.4. The fraction of sp³-hybridized carbons (Fsp3) is 0.778. The first-order valence-electron chi connectivity index (χ1n) is 8.99. The molecule has 2 aliphatic rings. The van der Waals surface area contributed by atoms with Crippen molar-refractivity contribution >= 4 is 11.9 Å². The normalized spacial score (nSPS) is 20.8. The molecule has 3 amide bonds. The molecule has 2 aliphatic heterocycles. The van der Waals surface area contributed by atoms with Crippen molar-refractivity contribution in [3.8, 4) is 0 Å². The van der Waals surface area contributed by atoms with Crippen LogP contribution >= 0.6 is 0 Å². The van der Waals surface area contributed by atoms with Gasteiger partial charge in [0.1, 0.15) is 0 Å². The number of carbonyl (C=O) groups excluding carboxylic acids is 2. The number of urea groups is 1. The first-order chi connectivity index (χ1) is 11.3. The molecule has 0 unspecified atom stereocenters. The Balaban J connectivity index is 1.73. The molecule has 0 atom stereocenters. The van der Waals surface area contributed by atoms with E-state index in [4.69, 9.17) is 0 Å². The zero-order chi connectivity index (χ0) is 17.7. The third-order valence-corrected chi connectivity index (χ3v) is 4.80. The molecule has 0 aliphatic carbocycles. The van der Waals surface area contributed by atoms with Crippen LogP contribution in [0.5, 0.6) is 0 Å². The van der Waals surface area contributed by atoms with Gasteiger partial charge in [0.25, 0.3) is 0 Å². The average Bonchev–Trinajstić information content (AvgIpc) is 2.55. The van der Waals surface area contributed by atoms with E-state index >= 15 is 0 Å². The van der Waals surface area contributed by atoms with E-state index in [0.29, 0.717) is 26.2 Å². The molecule has 2 rings (SSSR count). The molecule has 1 N–H and O–H groups in total. The maximum atomic E-state index is 12.4. The van der Waals surface area contributed by atoms with Crippen molar-refractivity contribution in [3.05, 3.63) is 12.7 Å². The molecule has 0 aromatic rings. The monoisotopic (exact) mass is 336 g/mol. The Morgan fingerprint density at radius 1 is 1.04 bits per heavy atom. The van der Waals surface area contributed by atoms with Crippen molar-refractivity contribution in [2.75, 3.05) is 45.8 Å². The van der Waals surface area contributed by atoms with Crippen LogP contribution in [0.2, 0.25) is 0 Å². The van der Waals surface area contributed by atoms with E-state index in [2.05, 4.69) is 16.8 Å². The number of nitrogens with one attached hydrogen (secondary N) is 1. The third kappa shape index (κ3) is 4.97. The molecular weight excluding hydrogens is 304 g/mol. The zero-order valence-electron chi connectivity index (χ0n) is 15.4. The van der Waals surface area contributed by atoms with Gasteiger partial charge in [-0.05, 0) is 12.8 Å². The summed E-state index contributed by atoms with van der Waals surface area (Å²) >= 11 is 0. The summed E-state index contributed by atoms with van der Waals surface area (Å²) in [4.78, 5) is 30.8. The van der Waals surface area contributed by atoms with E-state index in [1.54, 1.807) is 0 Å². The van der Waals surface area contributed by atoms with Crippen LogP contribution in [-0.4, -0.2) is 78.5 Å². The van der Waals surface area contributed by atoms with Crippen LogP contribution in [0, 0.1) is 5.41 Å². The summed E-state index contributed by atoms with van der Waals surface area (Å²) in [7, 11) is 0. The van der Waals surface area contributed by atoms with Crippen molar-refractivity contribution in [1.29, 1.82) is 0 Å². The lowest BCUT2D eigenvalue weighted by Crippen LogP contribution is -2.56. The fourth-order valence-electron chi connectivity index (χ4n) is 3.30. The number of piperidine rings is 1. The van der Waals surface area contributed by atoms with Gasteiger partial charge in [-0.25, -0.2) is 4.79 Å². The van der Waals surface area contributed by atoms with Crippen LogP contribution < -0.4 is 5.32 Å². The second-order valence-corrected chi connectivity index (χ2v) is 7.84. The second-order valence-electron chi connectivity index (χ2n) is 7.84. The maximum absolute atomic E-state index is 12.4. The Morgan fingerprint density at radius 2 is 1.58 bits per heavy atom. The number of piperazine rings is 1. The fourth-order valence-corrected chi connectivity index (χ4v) is 3.30. The lowest BCUT2D eigenvalue weighted by atomic mass is 9.94. The van der Waals surface area contributed by atoms with Crippen LogP contribution in [0.1, 0.15) is 33.6 Å². The van der Waals surface area contributed by atoms with Crippen LogP contribution in [0.15, 0.2) is 12.7 Å². The molecule has 0 aromatic heterocycles. The number of hydrogen-bond donors (Lipinski definition) is 1. The molecule has 2 heterocycles. The largest absolute Gasteiger partial charge is 0.339 e. The summed E-state index contributed by atoms with van der Waals surface area (Å²) < 4.78 is 0. The SMILES string of the molecule is C=CCN1CCC(NC(=O)N2CCN(C(=O)C(C)(C)C)CC2)CC1. The lowest BCUT2D eigenvalue weighted by molar-refractivity contribution is -0.140. The number of hydrogen-bond acceptors (Lipinski definition) is 3. The smallest absolute Gasteiger partial charge is 0.317 e. The Labute approximate surface area is 145 Å². The molecule has 0 spiro atoms. The summed E-state index contributed by atoms with van der Waals surface area (Å²) in [6, 6.07) is 0.271. The predicted octanol–water partition coefficient (Wildman–Crippen LogP) is 1.54. The molecule has 6 heteroatoms. The van der Waals surface area contributed by atoms with Gasteiger partial charge in [0, 0.05) is 57.3 Å². The van der Waals surface area contributed by atoms with Gasteiger partial charge >= 0.3 is 6.03 Å². The molecular formula is C18H32N4O2. The van der Waals surface area contributed by atoms with Crippen LogP contribution in [0.25, 0.3) is 0 Å². The standard InChI is InChI=1S/C18H32N4O2/c1-5-8-20-9-6-15(7-10-20)19-17(24)22-13-11-21(12-14-22)16(23)18(2,3)4/h5,15H,1,6-14H2,2-4H3,(H,19,24). The van der Waals surface area contributed by atoms with E-state index in [0.717, 1.165) is 32.5 Å². The van der Waals surface area contributed by atoms with E-state index in [-0.39, 0.29) is 23.4 Å². The highest BCUT2D eigenvalue weighted by atomic mass is 16.2. The Kier molecular flexibility index (Phi) is 6.27. The number of amides is 3. The molecule has 0 radical (unpaired) electrons. The molecule has 2 fully saturated rings. The van der Waals surface area contributed by atoms with Gasteiger partial charge in [0.2, 0.25) is 5.91 Å². The molecule has 0 bridgehead atoms. The Hall–Kier alpha value is -1.56. The van der Waals surface area contributed by atoms with Crippen LogP contribution in [0.4, 0.5) is 4.79 Å². The maximum Gasteiger partial charge on any atom is 0.317 e. The van der Waals surface area contributed by atoms with Gasteiger partial charge in [-0.3, -0.25) is 9.69 Å². The number of rotatable bonds is 3. The molecule has 24 heavy (non-hydrogen) atoms. The summed E-state index contributed by atoms with van der Waals surface area (Å²) in [6.45, 7) is 15.0. The first-order valence-corrected chi connectivity index (χ1v) is 8.99. The van der Waals surface area contributed by atoms with E-state index in [9.17, 15) is 9.59 Å². The molecule has 6 nitrogen and oxygen atoms in total. The Bertz CT molecular complexity index is 456. The van der Waals surface area contributed by atoms with Gasteiger partial charge in [0.15, 0.2) is 0 Å². The minimum Gasteiger partial charge on any atom is -0.339 e. The van der Waals surface area contributed by atoms with Gasteiger partial charge in [-0.2, -0.15) is 0 Å². The number of carbonyl (C=O) groups is 2. The molecule has 136 valence electrons. The van der Waals surface area contributed by atoms with E-state index in [1.807, 2.05) is 36.6 Å². The highest BCUT2D eigenvalue weighted by Crippen LogP contribution is 2.19. The lowest BCUT2D eigenvalue weighted by Gasteiger charge is -2.38. The highest BCUT2D eigenvalue weighted by molar-refractivity contribution is 5.82. The van der Waals surface area contributed by atoms with Crippen LogP contribution in [0.3, 0.4) is 0 Å². The predicted molar refractivity (Wildman–Crippen MR) is 95.8 cm³/mol. The van der Waals surface area contributed by atoms with Crippen molar-refractivity contribution in [2.45, 2.75) is 39.7 Å². The van der Waals surface area contributed by atoms with E-state index in [1.165, 1.54) is 0 Å². The van der Waals surface area contributed by atoms with Crippen LogP contribution in [-0.2, 0) is 4.79 Å². The third-order valence-electron chi connectivity index (χ3n) is 4.80. The molecule has 0 saturated carbocycles. The summed E-state index contributed by atoms with van der Waals surface area (Å²) in [5.74, 6) is 0.164. The highest BCUT2D eigenvalue weighted by Gasteiger charge is 2.31.